The molecule has 0 radical (unpaired) electrons. The highest BCUT2D eigenvalue weighted by atomic mass is 16.2. The molecule has 3 heteroatoms. The Bertz CT molecular complexity index is 1080. The molecule has 0 spiro atoms. The lowest BCUT2D eigenvalue weighted by atomic mass is 9.73. The third-order valence-electron chi connectivity index (χ3n) is 5.45. The minimum atomic E-state index is -0.439. The second-order valence-electron chi connectivity index (χ2n) is 6.93. The first-order valence-electron chi connectivity index (χ1n) is 9.04. The van der Waals surface area contributed by atoms with Gasteiger partial charge in [-0.2, -0.15) is 0 Å². The number of amides is 1. The summed E-state index contributed by atoms with van der Waals surface area (Å²) in [6.45, 7) is 0. The molecule has 0 bridgehead atoms. The number of fused-ring (bicyclic) bond motifs is 2. The van der Waals surface area contributed by atoms with Crippen LogP contribution in [0.2, 0.25) is 0 Å². The average molecular weight is 351 g/mol. The fourth-order valence-electron chi connectivity index (χ4n) is 4.28. The fraction of sp³-hybridized carbons (Fsp3) is 0.0833. The van der Waals surface area contributed by atoms with E-state index in [-0.39, 0.29) is 17.6 Å². The molecule has 5 rings (SSSR count). The van der Waals surface area contributed by atoms with Gasteiger partial charge in [0.2, 0.25) is 5.91 Å². The summed E-state index contributed by atoms with van der Waals surface area (Å²) in [5.41, 5.74) is 4.74. The Morgan fingerprint density at radius 1 is 0.593 bits per heavy atom. The van der Waals surface area contributed by atoms with E-state index in [0.29, 0.717) is 16.8 Å². The van der Waals surface area contributed by atoms with Crippen molar-refractivity contribution in [1.82, 2.24) is 5.32 Å². The van der Waals surface area contributed by atoms with Crippen LogP contribution in [0.25, 0.3) is 5.70 Å². The van der Waals surface area contributed by atoms with Gasteiger partial charge in [0, 0.05) is 22.6 Å². The molecule has 2 aliphatic rings. The van der Waals surface area contributed by atoms with E-state index < -0.39 is 5.92 Å². The zero-order chi connectivity index (χ0) is 18.4. The Hall–Kier alpha value is -3.46. The molecule has 1 heterocycles. The Balaban J connectivity index is 1.76. The minimum Gasteiger partial charge on any atom is -0.325 e. The highest BCUT2D eigenvalue weighted by molar-refractivity contribution is 6.24. The van der Waals surface area contributed by atoms with Crippen molar-refractivity contribution < 1.29 is 9.59 Å². The maximum atomic E-state index is 13.3. The number of nitrogens with one attached hydrogen (secondary N) is 1. The number of hydrogen-bond donors (Lipinski definition) is 1. The number of ketones is 1. The molecule has 0 saturated carbocycles. The molecule has 130 valence electrons. The van der Waals surface area contributed by atoms with Crippen LogP contribution in [0.1, 0.15) is 38.9 Å². The van der Waals surface area contributed by atoms with E-state index >= 15 is 0 Å². The molecular formula is C24H17NO2. The van der Waals surface area contributed by atoms with Crippen molar-refractivity contribution in [2.75, 3.05) is 0 Å². The van der Waals surface area contributed by atoms with Gasteiger partial charge in [0.05, 0.1) is 11.6 Å². The smallest absolute Gasteiger partial charge is 0.232 e. The van der Waals surface area contributed by atoms with Gasteiger partial charge in [-0.3, -0.25) is 9.59 Å². The van der Waals surface area contributed by atoms with Crippen molar-refractivity contribution in [3.05, 3.63) is 113 Å². The van der Waals surface area contributed by atoms with E-state index in [2.05, 4.69) is 5.32 Å². The molecule has 1 N–H and O–H groups in total. The lowest BCUT2D eigenvalue weighted by Crippen LogP contribution is -2.38. The second-order valence-corrected chi connectivity index (χ2v) is 6.93. The number of Topliss-reactive ketones (excluding diaryl/α,β-unsaturated/α-hetero) is 1. The predicted molar refractivity (Wildman–Crippen MR) is 104 cm³/mol. The van der Waals surface area contributed by atoms with E-state index in [9.17, 15) is 9.59 Å². The number of benzene rings is 3. The van der Waals surface area contributed by atoms with Gasteiger partial charge >= 0.3 is 0 Å². The first-order valence-corrected chi connectivity index (χ1v) is 9.04. The number of hydrogen-bond acceptors (Lipinski definition) is 2. The zero-order valence-corrected chi connectivity index (χ0v) is 14.6. The monoisotopic (exact) mass is 351 g/mol. The van der Waals surface area contributed by atoms with Crippen molar-refractivity contribution in [2.45, 2.75) is 11.8 Å². The Kier molecular flexibility index (Phi) is 3.54. The molecule has 1 amide bonds. The van der Waals surface area contributed by atoms with Crippen LogP contribution in [0, 0.1) is 0 Å². The van der Waals surface area contributed by atoms with E-state index in [0.717, 1.165) is 16.7 Å². The summed E-state index contributed by atoms with van der Waals surface area (Å²) in [5.74, 6) is -0.809. The van der Waals surface area contributed by atoms with Crippen LogP contribution in [0.15, 0.2) is 90.5 Å². The van der Waals surface area contributed by atoms with Crippen LogP contribution in [-0.4, -0.2) is 11.7 Å². The molecule has 2 unspecified atom stereocenters. The van der Waals surface area contributed by atoms with Crippen molar-refractivity contribution in [3.63, 3.8) is 0 Å². The van der Waals surface area contributed by atoms with Crippen LogP contribution in [0.5, 0.6) is 0 Å². The Morgan fingerprint density at radius 3 is 1.74 bits per heavy atom. The molecule has 1 aliphatic carbocycles. The third kappa shape index (κ3) is 2.36. The molecular weight excluding hydrogens is 334 g/mol. The van der Waals surface area contributed by atoms with Gasteiger partial charge in [-0.25, -0.2) is 0 Å². The SMILES string of the molecule is O=C1C2=C(NC(=O)C(c3ccccc3)C2c2ccccc2)c2ccccc21. The molecule has 27 heavy (non-hydrogen) atoms. The summed E-state index contributed by atoms with van der Waals surface area (Å²) in [6.07, 6.45) is 0. The standard InChI is InChI=1S/C24H17NO2/c26-23-18-14-8-7-13-17(18)22-21(23)19(15-9-3-1-4-10-15)20(24(27)25-22)16-11-5-2-6-12-16/h1-14,19-20H,(H,25,27). The Labute approximate surface area is 157 Å². The second kappa shape index (κ2) is 6.06. The maximum Gasteiger partial charge on any atom is 0.232 e. The third-order valence-corrected chi connectivity index (χ3v) is 5.45. The van der Waals surface area contributed by atoms with Gasteiger partial charge in [-0.1, -0.05) is 84.9 Å². The van der Waals surface area contributed by atoms with Crippen LogP contribution in [-0.2, 0) is 4.79 Å². The van der Waals surface area contributed by atoms with Crippen LogP contribution < -0.4 is 5.32 Å². The molecule has 0 aromatic heterocycles. The quantitative estimate of drug-likeness (QED) is 0.749. The summed E-state index contributed by atoms with van der Waals surface area (Å²) in [5, 5.41) is 3.03. The summed E-state index contributed by atoms with van der Waals surface area (Å²) in [4.78, 5) is 26.5. The lowest BCUT2D eigenvalue weighted by Gasteiger charge is -2.33. The normalized spacial score (nSPS) is 20.9. The van der Waals surface area contributed by atoms with Gasteiger partial charge in [0.15, 0.2) is 5.78 Å². The van der Waals surface area contributed by atoms with E-state index in [1.807, 2.05) is 84.9 Å². The molecule has 3 aromatic carbocycles. The van der Waals surface area contributed by atoms with Crippen LogP contribution in [0.3, 0.4) is 0 Å². The van der Waals surface area contributed by atoms with Crippen molar-refractivity contribution >= 4 is 17.4 Å². The largest absolute Gasteiger partial charge is 0.325 e. The molecule has 0 saturated heterocycles. The zero-order valence-electron chi connectivity index (χ0n) is 14.6. The molecule has 0 fully saturated rings. The summed E-state index contributed by atoms with van der Waals surface area (Å²) >= 11 is 0. The highest BCUT2D eigenvalue weighted by Crippen LogP contribution is 2.48. The van der Waals surface area contributed by atoms with Gasteiger partial charge in [0.25, 0.3) is 0 Å². The van der Waals surface area contributed by atoms with Crippen molar-refractivity contribution in [1.29, 1.82) is 0 Å². The first-order chi connectivity index (χ1) is 13.3. The van der Waals surface area contributed by atoms with Crippen molar-refractivity contribution in [2.24, 2.45) is 0 Å². The minimum absolute atomic E-state index is 0.00961. The number of allylic oxidation sites excluding steroid dienone is 1. The van der Waals surface area contributed by atoms with Gasteiger partial charge < -0.3 is 5.32 Å². The topological polar surface area (TPSA) is 46.2 Å². The van der Waals surface area contributed by atoms with Crippen LogP contribution >= 0.6 is 0 Å². The summed E-state index contributed by atoms with van der Waals surface area (Å²) in [7, 11) is 0. The number of rotatable bonds is 2. The van der Waals surface area contributed by atoms with Gasteiger partial charge in [0.1, 0.15) is 0 Å². The number of carbonyl (C=O) groups excluding carboxylic acids is 2. The number of carbonyl (C=O) groups is 2. The van der Waals surface area contributed by atoms with Gasteiger partial charge in [-0.05, 0) is 11.1 Å². The van der Waals surface area contributed by atoms with Crippen molar-refractivity contribution in [3.8, 4) is 0 Å². The molecule has 2 atom stereocenters. The van der Waals surface area contributed by atoms with E-state index in [1.54, 1.807) is 0 Å². The van der Waals surface area contributed by atoms with E-state index in [1.165, 1.54) is 0 Å². The average Bonchev–Trinajstić information content (AvgIpc) is 3.00. The molecule has 3 aromatic rings. The first kappa shape index (κ1) is 15.8. The lowest BCUT2D eigenvalue weighted by molar-refractivity contribution is -0.122. The van der Waals surface area contributed by atoms with E-state index in [4.69, 9.17) is 0 Å². The Morgan fingerprint density at radius 2 is 1.11 bits per heavy atom. The fourth-order valence-corrected chi connectivity index (χ4v) is 4.28. The maximum absolute atomic E-state index is 13.3. The summed E-state index contributed by atoms with van der Waals surface area (Å²) < 4.78 is 0. The van der Waals surface area contributed by atoms with Crippen LogP contribution in [0.4, 0.5) is 0 Å². The highest BCUT2D eigenvalue weighted by Gasteiger charge is 2.46. The van der Waals surface area contributed by atoms with Gasteiger partial charge in [-0.15, -0.1) is 0 Å². The molecule has 3 nitrogen and oxygen atoms in total. The predicted octanol–water partition coefficient (Wildman–Crippen LogP) is 4.29. The summed E-state index contributed by atoms with van der Waals surface area (Å²) in [6, 6.07) is 27.1. The molecule has 1 aliphatic heterocycles.